The number of halogens is 1. The third kappa shape index (κ3) is 4.99. The van der Waals surface area contributed by atoms with E-state index >= 15 is 0 Å². The summed E-state index contributed by atoms with van der Waals surface area (Å²) in [6, 6.07) is 6.47. The van der Waals surface area contributed by atoms with Gasteiger partial charge in [-0.05, 0) is 38.1 Å². The van der Waals surface area contributed by atoms with Crippen molar-refractivity contribution in [1.82, 2.24) is 5.32 Å². The number of rotatable bonds is 7. The Labute approximate surface area is 139 Å². The molecular weight excluding hydrogens is 315 g/mol. The summed E-state index contributed by atoms with van der Waals surface area (Å²) in [5, 5.41) is 15.3. The van der Waals surface area contributed by atoms with Gasteiger partial charge in [-0.25, -0.2) is 9.18 Å². The number of furan rings is 1. The topological polar surface area (TPSA) is 83.7 Å². The van der Waals surface area contributed by atoms with Crippen LogP contribution in [-0.4, -0.2) is 23.8 Å². The van der Waals surface area contributed by atoms with Crippen molar-refractivity contribution in [2.45, 2.75) is 32.4 Å². The molecular formula is C17H21FN2O4. The number of aliphatic hydroxyl groups excluding tert-OH is 1. The normalized spacial score (nSPS) is 13.2. The Kier molecular flexibility index (Phi) is 6.20. The number of hydrogen-bond donors (Lipinski definition) is 3. The summed E-state index contributed by atoms with van der Waals surface area (Å²) in [5.41, 5.74) is 0.370. The molecule has 2 amide bonds. The smallest absolute Gasteiger partial charge is 0.319 e. The molecule has 0 spiro atoms. The van der Waals surface area contributed by atoms with Gasteiger partial charge in [-0.1, -0.05) is 0 Å². The average Bonchev–Trinajstić information content (AvgIpc) is 3.04. The maximum Gasteiger partial charge on any atom is 0.319 e. The number of nitrogens with one attached hydrogen (secondary N) is 2. The monoisotopic (exact) mass is 336 g/mol. The lowest BCUT2D eigenvalue weighted by atomic mass is 10.1. The zero-order chi connectivity index (χ0) is 17.5. The number of urea groups is 1. The van der Waals surface area contributed by atoms with Gasteiger partial charge in [-0.15, -0.1) is 0 Å². The predicted molar refractivity (Wildman–Crippen MR) is 87.5 cm³/mol. The van der Waals surface area contributed by atoms with Gasteiger partial charge in [-0.3, -0.25) is 0 Å². The van der Waals surface area contributed by atoms with Crippen LogP contribution in [0, 0.1) is 5.82 Å². The predicted octanol–water partition coefficient (Wildman–Crippen LogP) is 3.45. The minimum Gasteiger partial charge on any atom is -0.492 e. The van der Waals surface area contributed by atoms with Gasteiger partial charge in [0.15, 0.2) is 0 Å². The molecule has 0 aliphatic heterocycles. The van der Waals surface area contributed by atoms with Crippen LogP contribution in [0.2, 0.25) is 0 Å². The number of benzene rings is 1. The zero-order valence-electron chi connectivity index (χ0n) is 13.6. The largest absolute Gasteiger partial charge is 0.492 e. The summed E-state index contributed by atoms with van der Waals surface area (Å²) in [6.07, 6.45) is 0.968. The van der Waals surface area contributed by atoms with Gasteiger partial charge in [-0.2, -0.15) is 0 Å². The van der Waals surface area contributed by atoms with Gasteiger partial charge >= 0.3 is 6.03 Å². The van der Waals surface area contributed by atoms with Crippen LogP contribution in [0.25, 0.3) is 0 Å². The molecule has 0 fully saturated rings. The second-order valence-electron chi connectivity index (χ2n) is 5.34. The number of aliphatic hydroxyl groups is 1. The Morgan fingerprint density at radius 3 is 2.88 bits per heavy atom. The van der Waals surface area contributed by atoms with Crippen molar-refractivity contribution in [1.29, 1.82) is 0 Å². The Balaban J connectivity index is 1.90. The van der Waals surface area contributed by atoms with E-state index in [2.05, 4.69) is 10.6 Å². The summed E-state index contributed by atoms with van der Waals surface area (Å²) in [4.78, 5) is 12.1. The number of hydrogen-bond acceptors (Lipinski definition) is 4. The molecule has 0 aliphatic carbocycles. The maximum absolute atomic E-state index is 13.3. The van der Waals surface area contributed by atoms with Crippen LogP contribution < -0.4 is 15.4 Å². The number of carbonyl (C=O) groups excluding carboxylic acids is 1. The molecule has 1 aromatic carbocycles. The number of carbonyl (C=O) groups is 1. The quantitative estimate of drug-likeness (QED) is 0.723. The van der Waals surface area contributed by atoms with E-state index in [1.165, 1.54) is 24.5 Å². The molecule has 7 heteroatoms. The second kappa shape index (κ2) is 8.35. The first-order valence-electron chi connectivity index (χ1n) is 7.71. The van der Waals surface area contributed by atoms with Crippen molar-refractivity contribution < 1.29 is 23.4 Å². The summed E-state index contributed by atoms with van der Waals surface area (Å²) in [7, 11) is 0. The van der Waals surface area contributed by atoms with E-state index in [1.807, 2.05) is 0 Å². The third-order valence-electron chi connectivity index (χ3n) is 3.32. The number of ether oxygens (including phenoxy) is 1. The van der Waals surface area contributed by atoms with E-state index in [1.54, 1.807) is 26.0 Å². The van der Waals surface area contributed by atoms with Gasteiger partial charge in [0.2, 0.25) is 0 Å². The average molecular weight is 336 g/mol. The van der Waals surface area contributed by atoms with E-state index in [4.69, 9.17) is 9.15 Å². The fourth-order valence-electron chi connectivity index (χ4n) is 2.25. The van der Waals surface area contributed by atoms with Crippen molar-refractivity contribution in [3.63, 3.8) is 0 Å². The van der Waals surface area contributed by atoms with Gasteiger partial charge in [0.25, 0.3) is 0 Å². The van der Waals surface area contributed by atoms with E-state index < -0.39 is 18.0 Å². The lowest BCUT2D eigenvalue weighted by Gasteiger charge is -2.18. The lowest BCUT2D eigenvalue weighted by molar-refractivity contribution is 0.130. The fraction of sp³-hybridized carbons (Fsp3) is 0.353. The summed E-state index contributed by atoms with van der Waals surface area (Å²) in [6.45, 7) is 3.89. The van der Waals surface area contributed by atoms with Gasteiger partial charge in [0.1, 0.15) is 23.4 Å². The molecule has 2 atom stereocenters. The molecule has 1 aromatic heterocycles. The Morgan fingerprint density at radius 2 is 2.21 bits per heavy atom. The lowest BCUT2D eigenvalue weighted by Crippen LogP contribution is -2.37. The molecule has 2 rings (SSSR count). The zero-order valence-corrected chi connectivity index (χ0v) is 13.6. The SMILES string of the molecule is CCOc1cc(F)ccc1NC(=O)NC(C)CC(O)c1ccco1. The number of anilines is 1. The van der Waals surface area contributed by atoms with E-state index in [9.17, 15) is 14.3 Å². The molecule has 2 unspecified atom stereocenters. The van der Waals surface area contributed by atoms with Crippen LogP contribution in [0.5, 0.6) is 5.75 Å². The highest BCUT2D eigenvalue weighted by atomic mass is 19.1. The van der Waals surface area contributed by atoms with Crippen LogP contribution in [0.3, 0.4) is 0 Å². The van der Waals surface area contributed by atoms with Crippen molar-refractivity contribution in [2.75, 3.05) is 11.9 Å². The van der Waals surface area contributed by atoms with Crippen molar-refractivity contribution >= 4 is 11.7 Å². The van der Waals surface area contributed by atoms with Crippen LogP contribution in [0.4, 0.5) is 14.9 Å². The van der Waals surface area contributed by atoms with Crippen LogP contribution >= 0.6 is 0 Å². The molecule has 0 saturated carbocycles. The van der Waals surface area contributed by atoms with Crippen molar-refractivity contribution in [2.24, 2.45) is 0 Å². The first kappa shape index (κ1) is 17.8. The minimum atomic E-state index is -0.805. The van der Waals surface area contributed by atoms with Crippen LogP contribution in [0.15, 0.2) is 41.0 Å². The van der Waals surface area contributed by atoms with Crippen LogP contribution in [-0.2, 0) is 0 Å². The maximum atomic E-state index is 13.3. The van der Waals surface area contributed by atoms with E-state index in [-0.39, 0.29) is 11.8 Å². The third-order valence-corrected chi connectivity index (χ3v) is 3.32. The molecule has 0 saturated heterocycles. The minimum absolute atomic E-state index is 0.260. The summed E-state index contributed by atoms with van der Waals surface area (Å²) in [5.74, 6) is 0.261. The van der Waals surface area contributed by atoms with Crippen molar-refractivity contribution in [3.8, 4) is 5.75 Å². The molecule has 3 N–H and O–H groups in total. The highest BCUT2D eigenvalue weighted by molar-refractivity contribution is 5.91. The van der Waals surface area contributed by atoms with E-state index in [0.717, 1.165) is 0 Å². The molecule has 1 heterocycles. The molecule has 0 aliphatic rings. The van der Waals surface area contributed by atoms with Gasteiger partial charge < -0.3 is 24.9 Å². The first-order chi connectivity index (χ1) is 11.5. The van der Waals surface area contributed by atoms with Gasteiger partial charge in [0.05, 0.1) is 18.6 Å². The summed E-state index contributed by atoms with van der Waals surface area (Å²) >= 11 is 0. The van der Waals surface area contributed by atoms with Crippen LogP contribution in [0.1, 0.15) is 32.1 Å². The van der Waals surface area contributed by atoms with Crippen molar-refractivity contribution in [3.05, 3.63) is 48.2 Å². The molecule has 24 heavy (non-hydrogen) atoms. The second-order valence-corrected chi connectivity index (χ2v) is 5.34. The molecule has 0 bridgehead atoms. The van der Waals surface area contributed by atoms with E-state index in [0.29, 0.717) is 24.5 Å². The summed E-state index contributed by atoms with van der Waals surface area (Å²) < 4.78 is 23.7. The fourth-order valence-corrected chi connectivity index (χ4v) is 2.25. The molecule has 0 radical (unpaired) electrons. The number of amides is 2. The standard InChI is InChI=1S/C17H21FN2O4/c1-3-23-16-10-12(18)6-7-13(16)20-17(22)19-11(2)9-14(21)15-5-4-8-24-15/h4-8,10-11,14,21H,3,9H2,1-2H3,(H2,19,20,22). The Morgan fingerprint density at radius 1 is 1.42 bits per heavy atom. The first-order valence-corrected chi connectivity index (χ1v) is 7.71. The molecule has 130 valence electrons. The van der Waals surface area contributed by atoms with Gasteiger partial charge in [0, 0.05) is 18.5 Å². The molecule has 6 nitrogen and oxygen atoms in total. The Bertz CT molecular complexity index is 661. The highest BCUT2D eigenvalue weighted by Crippen LogP contribution is 2.25. The highest BCUT2D eigenvalue weighted by Gasteiger charge is 2.17. The Hall–Kier alpha value is -2.54. The molecule has 2 aromatic rings.